The van der Waals surface area contributed by atoms with Gasteiger partial charge in [0.15, 0.2) is 0 Å². The van der Waals surface area contributed by atoms with Gasteiger partial charge in [0.25, 0.3) is 5.97 Å². The standard InChI is InChI=1S/C17H33N.C2H4O2/c1-3-5-6-7-8-9-10-11-12-14-18-15-13-17(4-2)16-18;1-2(3)4/h16H,3-15H2,1-2H3;1H3,(H,3,4). The molecule has 1 heterocycles. The lowest BCUT2D eigenvalue weighted by atomic mass is 10.1. The van der Waals surface area contributed by atoms with Gasteiger partial charge in [0, 0.05) is 20.0 Å². The van der Waals surface area contributed by atoms with Crippen molar-refractivity contribution in [3.8, 4) is 0 Å². The smallest absolute Gasteiger partial charge is 0.300 e. The number of hydrogen-bond donors (Lipinski definition) is 1. The molecule has 0 aromatic rings. The molecule has 3 heteroatoms. The van der Waals surface area contributed by atoms with Gasteiger partial charge in [-0.25, -0.2) is 0 Å². The van der Waals surface area contributed by atoms with Crippen LogP contribution in [0.1, 0.15) is 91.4 Å². The van der Waals surface area contributed by atoms with Crippen molar-refractivity contribution < 1.29 is 9.90 Å². The fourth-order valence-corrected chi connectivity index (χ4v) is 2.74. The summed E-state index contributed by atoms with van der Waals surface area (Å²) in [6.45, 7) is 8.21. The number of aliphatic carboxylic acids is 1. The second-order valence-corrected chi connectivity index (χ2v) is 6.27. The normalized spacial score (nSPS) is 13.6. The summed E-state index contributed by atoms with van der Waals surface area (Å²) in [4.78, 5) is 11.5. The van der Waals surface area contributed by atoms with Crippen molar-refractivity contribution in [1.82, 2.24) is 4.90 Å². The van der Waals surface area contributed by atoms with Crippen molar-refractivity contribution in [1.29, 1.82) is 0 Å². The highest BCUT2D eigenvalue weighted by Crippen LogP contribution is 2.17. The van der Waals surface area contributed by atoms with E-state index in [1.54, 1.807) is 5.57 Å². The molecule has 0 bridgehead atoms. The topological polar surface area (TPSA) is 40.5 Å². The number of carbonyl (C=O) groups is 1. The molecule has 0 fully saturated rings. The third-order valence-corrected chi connectivity index (χ3v) is 4.09. The maximum absolute atomic E-state index is 9.00. The summed E-state index contributed by atoms with van der Waals surface area (Å²) in [5.41, 5.74) is 1.64. The molecule has 0 saturated carbocycles. The van der Waals surface area contributed by atoms with E-state index in [1.807, 2.05) is 0 Å². The Balaban J connectivity index is 0.000000980. The number of nitrogens with zero attached hydrogens (tertiary/aromatic N) is 1. The van der Waals surface area contributed by atoms with E-state index in [-0.39, 0.29) is 0 Å². The average molecular weight is 312 g/mol. The van der Waals surface area contributed by atoms with Gasteiger partial charge < -0.3 is 10.0 Å². The van der Waals surface area contributed by atoms with E-state index in [0.29, 0.717) is 0 Å². The van der Waals surface area contributed by atoms with Gasteiger partial charge in [-0.3, -0.25) is 4.79 Å². The van der Waals surface area contributed by atoms with Crippen LogP contribution in [0.2, 0.25) is 0 Å². The first-order valence-corrected chi connectivity index (χ1v) is 9.23. The number of rotatable bonds is 11. The molecule has 1 N–H and O–H groups in total. The molecule has 0 aromatic carbocycles. The Morgan fingerprint density at radius 2 is 1.55 bits per heavy atom. The van der Waals surface area contributed by atoms with Crippen LogP contribution in [0.3, 0.4) is 0 Å². The van der Waals surface area contributed by atoms with Crippen molar-refractivity contribution in [3.63, 3.8) is 0 Å². The molecule has 130 valence electrons. The molecule has 0 aromatic heterocycles. The minimum Gasteiger partial charge on any atom is -0.481 e. The van der Waals surface area contributed by atoms with E-state index in [1.165, 1.54) is 83.7 Å². The highest BCUT2D eigenvalue weighted by molar-refractivity contribution is 5.62. The molecule has 1 aliphatic heterocycles. The van der Waals surface area contributed by atoms with Crippen molar-refractivity contribution in [2.45, 2.75) is 91.4 Å². The second kappa shape index (κ2) is 14.9. The van der Waals surface area contributed by atoms with Crippen LogP contribution in [-0.2, 0) is 4.79 Å². The summed E-state index contributed by atoms with van der Waals surface area (Å²) in [5, 5.41) is 7.42. The van der Waals surface area contributed by atoms with Gasteiger partial charge >= 0.3 is 0 Å². The SMILES string of the molecule is CC(=O)O.CCCCCCCCCCCN1C=C(CC)CC1. The number of carboxylic acid groups (broad SMARTS) is 1. The monoisotopic (exact) mass is 311 g/mol. The fourth-order valence-electron chi connectivity index (χ4n) is 2.74. The Kier molecular flexibility index (Phi) is 14.3. The van der Waals surface area contributed by atoms with Crippen LogP contribution in [0.5, 0.6) is 0 Å². The summed E-state index contributed by atoms with van der Waals surface area (Å²) in [5.74, 6) is -0.833. The summed E-state index contributed by atoms with van der Waals surface area (Å²) in [7, 11) is 0. The predicted octanol–water partition coefficient (Wildman–Crippen LogP) is 5.61. The average Bonchev–Trinajstić information content (AvgIpc) is 2.93. The molecule has 0 unspecified atom stereocenters. The largest absolute Gasteiger partial charge is 0.481 e. The van der Waals surface area contributed by atoms with Crippen molar-refractivity contribution >= 4 is 5.97 Å². The lowest BCUT2D eigenvalue weighted by Gasteiger charge is -2.14. The highest BCUT2D eigenvalue weighted by Gasteiger charge is 2.09. The molecule has 0 amide bonds. The summed E-state index contributed by atoms with van der Waals surface area (Å²) in [6, 6.07) is 0. The first kappa shape index (κ1) is 21.0. The Hall–Kier alpha value is -0.990. The van der Waals surface area contributed by atoms with Crippen LogP contribution in [0.15, 0.2) is 11.8 Å². The minimum absolute atomic E-state index is 0.833. The minimum atomic E-state index is -0.833. The van der Waals surface area contributed by atoms with Gasteiger partial charge in [0.05, 0.1) is 0 Å². The van der Waals surface area contributed by atoms with Crippen molar-refractivity contribution in [2.75, 3.05) is 13.1 Å². The number of carboxylic acids is 1. The van der Waals surface area contributed by atoms with Gasteiger partial charge in [-0.15, -0.1) is 0 Å². The molecule has 0 saturated heterocycles. The van der Waals surface area contributed by atoms with Crippen LogP contribution >= 0.6 is 0 Å². The summed E-state index contributed by atoms with van der Waals surface area (Å²) >= 11 is 0. The Morgan fingerprint density at radius 1 is 1.05 bits per heavy atom. The first-order valence-electron chi connectivity index (χ1n) is 9.23. The molecule has 0 aliphatic carbocycles. The quantitative estimate of drug-likeness (QED) is 0.504. The van der Waals surface area contributed by atoms with E-state index in [4.69, 9.17) is 9.90 Å². The Morgan fingerprint density at radius 3 is 2.00 bits per heavy atom. The molecule has 0 radical (unpaired) electrons. The second-order valence-electron chi connectivity index (χ2n) is 6.27. The molecular weight excluding hydrogens is 274 g/mol. The van der Waals surface area contributed by atoms with Gasteiger partial charge in [-0.1, -0.05) is 70.8 Å². The molecule has 0 atom stereocenters. The van der Waals surface area contributed by atoms with E-state index < -0.39 is 5.97 Å². The number of hydrogen-bond acceptors (Lipinski definition) is 2. The summed E-state index contributed by atoms with van der Waals surface area (Å²) < 4.78 is 0. The Labute approximate surface area is 137 Å². The molecule has 0 spiro atoms. The highest BCUT2D eigenvalue weighted by atomic mass is 16.4. The van der Waals surface area contributed by atoms with Crippen molar-refractivity contribution in [3.05, 3.63) is 11.8 Å². The lowest BCUT2D eigenvalue weighted by molar-refractivity contribution is -0.134. The van der Waals surface area contributed by atoms with Crippen LogP contribution in [0.4, 0.5) is 0 Å². The molecular formula is C19H37NO2. The van der Waals surface area contributed by atoms with E-state index in [0.717, 1.165) is 6.92 Å². The van der Waals surface area contributed by atoms with Gasteiger partial charge in [-0.2, -0.15) is 0 Å². The Bertz CT molecular complexity index is 296. The molecule has 22 heavy (non-hydrogen) atoms. The van der Waals surface area contributed by atoms with Crippen LogP contribution in [0, 0.1) is 0 Å². The maximum atomic E-state index is 9.00. The molecule has 1 rings (SSSR count). The zero-order valence-electron chi connectivity index (χ0n) is 15.1. The van der Waals surface area contributed by atoms with E-state index in [9.17, 15) is 0 Å². The van der Waals surface area contributed by atoms with Gasteiger partial charge in [-0.05, 0) is 25.5 Å². The lowest BCUT2D eigenvalue weighted by Crippen LogP contribution is -2.15. The fraction of sp³-hybridized carbons (Fsp3) is 0.842. The van der Waals surface area contributed by atoms with Gasteiger partial charge in [0.1, 0.15) is 0 Å². The van der Waals surface area contributed by atoms with Crippen LogP contribution in [-0.4, -0.2) is 29.1 Å². The van der Waals surface area contributed by atoms with Crippen LogP contribution in [0.25, 0.3) is 0 Å². The first-order chi connectivity index (χ1) is 10.6. The summed E-state index contributed by atoms with van der Waals surface area (Å²) in [6.07, 6.45) is 17.9. The van der Waals surface area contributed by atoms with E-state index >= 15 is 0 Å². The third-order valence-electron chi connectivity index (χ3n) is 4.09. The third kappa shape index (κ3) is 14.0. The zero-order valence-corrected chi connectivity index (χ0v) is 15.1. The molecule has 1 aliphatic rings. The van der Waals surface area contributed by atoms with Crippen molar-refractivity contribution in [2.24, 2.45) is 0 Å². The molecule has 3 nitrogen and oxygen atoms in total. The number of unbranched alkanes of at least 4 members (excludes halogenated alkanes) is 8. The maximum Gasteiger partial charge on any atom is 0.300 e. The van der Waals surface area contributed by atoms with Gasteiger partial charge in [0.2, 0.25) is 0 Å². The van der Waals surface area contributed by atoms with E-state index in [2.05, 4.69) is 24.9 Å². The van der Waals surface area contributed by atoms with Crippen LogP contribution < -0.4 is 0 Å². The predicted molar refractivity (Wildman–Crippen MR) is 95.1 cm³/mol. The zero-order chi connectivity index (χ0) is 16.6.